The van der Waals surface area contributed by atoms with E-state index in [2.05, 4.69) is 32.3 Å². The molecule has 1 unspecified atom stereocenters. The molecule has 19 heavy (non-hydrogen) atoms. The lowest BCUT2D eigenvalue weighted by atomic mass is 9.85. The summed E-state index contributed by atoms with van der Waals surface area (Å²) in [6.07, 6.45) is 3.80. The minimum absolute atomic E-state index is 0.620. The van der Waals surface area contributed by atoms with Crippen molar-refractivity contribution in [2.45, 2.75) is 31.3 Å². The molecule has 0 radical (unpaired) electrons. The molecule has 0 amide bonds. The molecule has 0 aliphatic heterocycles. The second-order valence-electron chi connectivity index (χ2n) is 5.08. The number of benzene rings is 1. The number of aliphatic hydroxyl groups is 1. The zero-order valence-electron chi connectivity index (χ0n) is 10.8. The topological polar surface area (TPSA) is 50.9 Å². The fraction of sp³-hybridized carbons (Fsp3) is 0.429. The van der Waals surface area contributed by atoms with Gasteiger partial charge in [0.1, 0.15) is 11.3 Å². The SMILES string of the molecule is Cn1nnc(Br)c1C1(O)CCCCc2ccccc21. The highest BCUT2D eigenvalue weighted by atomic mass is 79.9. The first-order chi connectivity index (χ1) is 9.13. The highest BCUT2D eigenvalue weighted by molar-refractivity contribution is 9.10. The van der Waals surface area contributed by atoms with Crippen molar-refractivity contribution in [3.63, 3.8) is 0 Å². The van der Waals surface area contributed by atoms with Gasteiger partial charge in [-0.2, -0.15) is 0 Å². The summed E-state index contributed by atoms with van der Waals surface area (Å²) < 4.78 is 2.28. The van der Waals surface area contributed by atoms with Gasteiger partial charge >= 0.3 is 0 Å². The lowest BCUT2D eigenvalue weighted by molar-refractivity contribution is 0.0611. The molecule has 1 aromatic heterocycles. The molecular formula is C14H16BrN3O. The van der Waals surface area contributed by atoms with Crippen LogP contribution in [0.1, 0.15) is 36.1 Å². The van der Waals surface area contributed by atoms with Crippen LogP contribution in [0.15, 0.2) is 28.9 Å². The van der Waals surface area contributed by atoms with E-state index in [1.807, 2.05) is 25.2 Å². The Balaban J connectivity index is 2.23. The van der Waals surface area contributed by atoms with E-state index in [-0.39, 0.29) is 0 Å². The largest absolute Gasteiger partial charge is 0.379 e. The van der Waals surface area contributed by atoms with Crippen LogP contribution in [0.4, 0.5) is 0 Å². The van der Waals surface area contributed by atoms with E-state index in [4.69, 9.17) is 0 Å². The smallest absolute Gasteiger partial charge is 0.154 e. The third-order valence-corrected chi connectivity index (χ3v) is 4.41. The molecule has 0 saturated heterocycles. The molecule has 2 aromatic rings. The molecule has 0 saturated carbocycles. The third kappa shape index (κ3) is 2.01. The normalized spacial score (nSPS) is 22.9. The summed E-state index contributed by atoms with van der Waals surface area (Å²) >= 11 is 3.41. The van der Waals surface area contributed by atoms with Gasteiger partial charge in [0.2, 0.25) is 0 Å². The van der Waals surface area contributed by atoms with Crippen LogP contribution in [-0.2, 0) is 19.1 Å². The summed E-state index contributed by atoms with van der Waals surface area (Å²) in [4.78, 5) is 0. The Morgan fingerprint density at radius 1 is 1.32 bits per heavy atom. The van der Waals surface area contributed by atoms with Crippen LogP contribution < -0.4 is 0 Å². The molecule has 0 spiro atoms. The Hall–Kier alpha value is -1.20. The van der Waals surface area contributed by atoms with Gasteiger partial charge in [0, 0.05) is 7.05 Å². The van der Waals surface area contributed by atoms with Gasteiger partial charge < -0.3 is 5.11 Å². The number of fused-ring (bicyclic) bond motifs is 1. The van der Waals surface area contributed by atoms with Gasteiger partial charge in [0.05, 0.1) is 0 Å². The van der Waals surface area contributed by atoms with E-state index in [0.29, 0.717) is 11.0 Å². The molecule has 1 heterocycles. The van der Waals surface area contributed by atoms with Crippen molar-refractivity contribution in [2.24, 2.45) is 7.05 Å². The fourth-order valence-corrected chi connectivity index (χ4v) is 3.64. The lowest BCUT2D eigenvalue weighted by Gasteiger charge is -2.29. The van der Waals surface area contributed by atoms with E-state index in [9.17, 15) is 5.11 Å². The lowest BCUT2D eigenvalue weighted by Crippen LogP contribution is -2.30. The average molecular weight is 322 g/mol. The van der Waals surface area contributed by atoms with E-state index in [1.54, 1.807) is 4.68 Å². The molecular weight excluding hydrogens is 306 g/mol. The summed E-state index contributed by atoms with van der Waals surface area (Å²) in [5, 5.41) is 19.3. The van der Waals surface area contributed by atoms with Crippen molar-refractivity contribution < 1.29 is 5.11 Å². The van der Waals surface area contributed by atoms with Crippen molar-refractivity contribution >= 4 is 15.9 Å². The van der Waals surface area contributed by atoms with Crippen LogP contribution >= 0.6 is 15.9 Å². The van der Waals surface area contributed by atoms with Gasteiger partial charge in [0.25, 0.3) is 0 Å². The van der Waals surface area contributed by atoms with Crippen molar-refractivity contribution in [2.75, 3.05) is 0 Å². The Labute approximate surface area is 120 Å². The van der Waals surface area contributed by atoms with Crippen molar-refractivity contribution in [3.05, 3.63) is 45.7 Å². The van der Waals surface area contributed by atoms with Crippen molar-refractivity contribution in [1.29, 1.82) is 0 Å². The molecule has 5 heteroatoms. The summed E-state index contributed by atoms with van der Waals surface area (Å²) in [6.45, 7) is 0. The van der Waals surface area contributed by atoms with Crippen LogP contribution in [0.5, 0.6) is 0 Å². The zero-order chi connectivity index (χ0) is 13.5. The molecule has 1 aliphatic carbocycles. The number of aryl methyl sites for hydroxylation is 2. The van der Waals surface area contributed by atoms with E-state index >= 15 is 0 Å². The summed E-state index contributed by atoms with van der Waals surface area (Å²) in [6, 6.07) is 8.12. The minimum Gasteiger partial charge on any atom is -0.379 e. The number of halogens is 1. The highest BCUT2D eigenvalue weighted by Gasteiger charge is 2.39. The molecule has 1 aliphatic rings. The maximum atomic E-state index is 11.3. The Bertz CT molecular complexity index is 591. The van der Waals surface area contributed by atoms with E-state index in [0.717, 1.165) is 30.5 Å². The number of nitrogens with zero attached hydrogens (tertiary/aromatic N) is 3. The van der Waals surface area contributed by atoms with Gasteiger partial charge in [-0.3, -0.25) is 0 Å². The van der Waals surface area contributed by atoms with Crippen molar-refractivity contribution in [1.82, 2.24) is 15.0 Å². The first-order valence-electron chi connectivity index (χ1n) is 6.49. The maximum absolute atomic E-state index is 11.3. The van der Waals surface area contributed by atoms with Crippen LogP contribution in [0.2, 0.25) is 0 Å². The van der Waals surface area contributed by atoms with Gasteiger partial charge in [-0.15, -0.1) is 5.10 Å². The minimum atomic E-state index is -1.01. The predicted octanol–water partition coefficient (Wildman–Crippen LogP) is 2.54. The molecule has 3 rings (SSSR count). The Morgan fingerprint density at radius 3 is 2.84 bits per heavy atom. The number of hydrogen-bond acceptors (Lipinski definition) is 3. The molecule has 1 aromatic carbocycles. The molecule has 0 bridgehead atoms. The first-order valence-corrected chi connectivity index (χ1v) is 7.28. The van der Waals surface area contributed by atoms with Gasteiger partial charge in [-0.1, -0.05) is 29.5 Å². The van der Waals surface area contributed by atoms with E-state index < -0.39 is 5.60 Å². The monoisotopic (exact) mass is 321 g/mol. The summed E-state index contributed by atoms with van der Waals surface area (Å²) in [7, 11) is 1.82. The Morgan fingerprint density at radius 2 is 2.11 bits per heavy atom. The number of rotatable bonds is 1. The van der Waals surface area contributed by atoms with Gasteiger partial charge in [0.15, 0.2) is 4.60 Å². The maximum Gasteiger partial charge on any atom is 0.154 e. The standard InChI is InChI=1S/C14H16BrN3O/c1-18-12(13(15)16-17-18)14(19)9-5-4-7-10-6-2-3-8-11(10)14/h2-3,6,8,19H,4-5,7,9H2,1H3. The number of aromatic nitrogens is 3. The summed E-state index contributed by atoms with van der Waals surface area (Å²) in [5.74, 6) is 0. The second kappa shape index (κ2) is 4.72. The van der Waals surface area contributed by atoms with Crippen LogP contribution in [0.25, 0.3) is 0 Å². The Kier molecular flexibility index (Phi) is 3.19. The average Bonchev–Trinajstić information content (AvgIpc) is 2.65. The third-order valence-electron chi connectivity index (χ3n) is 3.88. The van der Waals surface area contributed by atoms with Crippen LogP contribution in [-0.4, -0.2) is 20.1 Å². The number of hydrogen-bond donors (Lipinski definition) is 1. The zero-order valence-corrected chi connectivity index (χ0v) is 12.4. The molecule has 100 valence electrons. The quantitative estimate of drug-likeness (QED) is 0.821. The van der Waals surface area contributed by atoms with Gasteiger partial charge in [-0.05, 0) is 52.7 Å². The fourth-order valence-electron chi connectivity index (χ4n) is 2.99. The first kappa shape index (κ1) is 12.8. The summed E-state index contributed by atoms with van der Waals surface area (Å²) in [5.41, 5.74) is 1.93. The molecule has 1 atom stereocenters. The van der Waals surface area contributed by atoms with Crippen LogP contribution in [0.3, 0.4) is 0 Å². The van der Waals surface area contributed by atoms with Crippen LogP contribution in [0, 0.1) is 0 Å². The van der Waals surface area contributed by atoms with Gasteiger partial charge in [-0.25, -0.2) is 4.68 Å². The van der Waals surface area contributed by atoms with Crippen molar-refractivity contribution in [3.8, 4) is 0 Å². The molecule has 0 fully saturated rings. The van der Waals surface area contributed by atoms with E-state index in [1.165, 1.54) is 5.56 Å². The highest BCUT2D eigenvalue weighted by Crippen LogP contribution is 2.41. The molecule has 4 nitrogen and oxygen atoms in total. The predicted molar refractivity (Wildman–Crippen MR) is 75.7 cm³/mol. The molecule has 1 N–H and O–H groups in total. The second-order valence-corrected chi connectivity index (χ2v) is 5.83.